The van der Waals surface area contributed by atoms with Gasteiger partial charge in [-0.3, -0.25) is 0 Å². The zero-order valence-corrected chi connectivity index (χ0v) is 10.5. The molecule has 5 nitrogen and oxygen atoms in total. The molecule has 0 spiro atoms. The molecule has 0 radical (unpaired) electrons. The predicted octanol–water partition coefficient (Wildman–Crippen LogP) is 2.53. The van der Waals surface area contributed by atoms with E-state index in [0.29, 0.717) is 12.3 Å². The average molecular weight is 261 g/mol. The van der Waals surface area contributed by atoms with Gasteiger partial charge in [0, 0.05) is 6.04 Å². The van der Waals surface area contributed by atoms with Crippen molar-refractivity contribution in [2.75, 3.05) is 0 Å². The zero-order valence-electron chi connectivity index (χ0n) is 10.5. The number of aromatic hydroxyl groups is 1. The Morgan fingerprint density at radius 2 is 2.21 bits per heavy atom. The van der Waals surface area contributed by atoms with Crippen LogP contribution in [0, 0.1) is 0 Å². The Morgan fingerprint density at radius 1 is 1.42 bits per heavy atom. The van der Waals surface area contributed by atoms with E-state index in [2.05, 4.69) is 5.32 Å². The number of furan rings is 1. The van der Waals surface area contributed by atoms with Crippen molar-refractivity contribution < 1.29 is 19.4 Å². The van der Waals surface area contributed by atoms with Crippen LogP contribution in [0.4, 0.5) is 0 Å². The first-order valence-electron chi connectivity index (χ1n) is 5.89. The molecule has 2 aromatic rings. The van der Waals surface area contributed by atoms with Crippen LogP contribution in [-0.2, 0) is 6.54 Å². The van der Waals surface area contributed by atoms with Gasteiger partial charge < -0.3 is 19.9 Å². The maximum Gasteiger partial charge on any atom is 0.338 e. The highest BCUT2D eigenvalue weighted by molar-refractivity contribution is 5.87. The molecule has 1 aromatic carbocycles. The van der Waals surface area contributed by atoms with Crippen LogP contribution in [0.2, 0.25) is 0 Å². The highest BCUT2D eigenvalue weighted by atomic mass is 16.4. The normalized spacial score (nSPS) is 12.3. The molecule has 1 aromatic heterocycles. The summed E-state index contributed by atoms with van der Waals surface area (Å²) in [5.74, 6) is -0.224. The van der Waals surface area contributed by atoms with Gasteiger partial charge in [-0.1, -0.05) is 12.1 Å². The van der Waals surface area contributed by atoms with E-state index in [1.165, 1.54) is 12.3 Å². The fraction of sp³-hybridized carbons (Fsp3) is 0.214. The number of phenols is 1. The van der Waals surface area contributed by atoms with Crippen LogP contribution in [0.1, 0.15) is 34.6 Å². The van der Waals surface area contributed by atoms with E-state index in [-0.39, 0.29) is 17.4 Å². The van der Waals surface area contributed by atoms with Crippen LogP contribution in [0.5, 0.6) is 5.75 Å². The second-order valence-corrected chi connectivity index (χ2v) is 4.30. The molecule has 1 unspecified atom stereocenters. The Hall–Kier alpha value is -2.27. The summed E-state index contributed by atoms with van der Waals surface area (Å²) in [5.41, 5.74) is 1.09. The van der Waals surface area contributed by atoms with Gasteiger partial charge in [0.05, 0.1) is 12.1 Å². The van der Waals surface area contributed by atoms with E-state index in [1.807, 2.05) is 13.0 Å². The molecule has 3 N–H and O–H groups in total. The molecule has 1 atom stereocenters. The summed E-state index contributed by atoms with van der Waals surface area (Å²) >= 11 is 0. The Bertz CT molecular complexity index is 576. The molecule has 0 aliphatic rings. The van der Waals surface area contributed by atoms with E-state index in [0.717, 1.165) is 5.56 Å². The summed E-state index contributed by atoms with van der Waals surface area (Å²) in [6, 6.07) is 8.49. The Kier molecular flexibility index (Phi) is 3.87. The van der Waals surface area contributed by atoms with E-state index in [1.54, 1.807) is 18.2 Å². The summed E-state index contributed by atoms with van der Waals surface area (Å²) in [6.45, 7) is 2.37. The second kappa shape index (κ2) is 5.58. The SMILES string of the molecule is CC(NCc1cc(C(=O)O)co1)c1cccc(O)c1. The summed E-state index contributed by atoms with van der Waals surface area (Å²) in [7, 11) is 0. The Morgan fingerprint density at radius 3 is 2.84 bits per heavy atom. The van der Waals surface area contributed by atoms with Gasteiger partial charge in [-0.15, -0.1) is 0 Å². The fourth-order valence-corrected chi connectivity index (χ4v) is 1.75. The van der Waals surface area contributed by atoms with E-state index in [9.17, 15) is 9.90 Å². The number of aromatic carboxylic acids is 1. The lowest BCUT2D eigenvalue weighted by Crippen LogP contribution is -2.17. The van der Waals surface area contributed by atoms with Gasteiger partial charge >= 0.3 is 5.97 Å². The van der Waals surface area contributed by atoms with Gasteiger partial charge in [0.2, 0.25) is 0 Å². The van der Waals surface area contributed by atoms with Crippen LogP contribution < -0.4 is 5.32 Å². The number of carboxylic acids is 1. The van der Waals surface area contributed by atoms with Crippen molar-refractivity contribution in [2.24, 2.45) is 0 Å². The fourth-order valence-electron chi connectivity index (χ4n) is 1.75. The third-order valence-electron chi connectivity index (χ3n) is 2.85. The molecule has 19 heavy (non-hydrogen) atoms. The topological polar surface area (TPSA) is 82.7 Å². The van der Waals surface area contributed by atoms with Gasteiger partial charge in [0.15, 0.2) is 0 Å². The standard InChI is InChI=1S/C14H15NO4/c1-9(10-3-2-4-12(16)5-10)15-7-13-6-11(8-19-13)14(17)18/h2-6,8-9,15-16H,7H2,1H3,(H,17,18). The molecule has 100 valence electrons. The molecule has 0 amide bonds. The van der Waals surface area contributed by atoms with Crippen LogP contribution in [-0.4, -0.2) is 16.2 Å². The van der Waals surface area contributed by atoms with Gasteiger partial charge in [0.1, 0.15) is 17.8 Å². The van der Waals surface area contributed by atoms with E-state index >= 15 is 0 Å². The lowest BCUT2D eigenvalue weighted by molar-refractivity contribution is 0.0696. The molecule has 2 rings (SSSR count). The number of hydrogen-bond acceptors (Lipinski definition) is 4. The first kappa shape index (κ1) is 13.2. The quantitative estimate of drug-likeness (QED) is 0.770. The molecular formula is C14H15NO4. The first-order valence-corrected chi connectivity index (χ1v) is 5.89. The molecular weight excluding hydrogens is 246 g/mol. The number of phenolic OH excluding ortho intramolecular Hbond substituents is 1. The predicted molar refractivity (Wildman–Crippen MR) is 69.0 cm³/mol. The van der Waals surface area contributed by atoms with Crippen molar-refractivity contribution in [3.05, 3.63) is 53.5 Å². The molecule has 0 aliphatic carbocycles. The zero-order chi connectivity index (χ0) is 13.8. The molecule has 0 bridgehead atoms. The van der Waals surface area contributed by atoms with Crippen LogP contribution in [0.15, 0.2) is 41.0 Å². The molecule has 0 saturated heterocycles. The minimum Gasteiger partial charge on any atom is -0.508 e. The van der Waals surface area contributed by atoms with Crippen molar-refractivity contribution >= 4 is 5.97 Å². The van der Waals surface area contributed by atoms with Crippen LogP contribution in [0.3, 0.4) is 0 Å². The maximum absolute atomic E-state index is 10.7. The summed E-state index contributed by atoms with van der Waals surface area (Å²) in [6.07, 6.45) is 1.22. The van der Waals surface area contributed by atoms with Crippen LogP contribution in [0.25, 0.3) is 0 Å². The molecule has 5 heteroatoms. The minimum atomic E-state index is -1.00. The highest BCUT2D eigenvalue weighted by Crippen LogP contribution is 2.18. The van der Waals surface area contributed by atoms with Crippen LogP contribution >= 0.6 is 0 Å². The number of benzene rings is 1. The van der Waals surface area contributed by atoms with E-state index < -0.39 is 5.97 Å². The van der Waals surface area contributed by atoms with Gasteiger partial charge in [-0.05, 0) is 30.7 Å². The smallest absolute Gasteiger partial charge is 0.338 e. The van der Waals surface area contributed by atoms with Crippen molar-refractivity contribution in [3.8, 4) is 5.75 Å². The van der Waals surface area contributed by atoms with Crippen molar-refractivity contribution in [3.63, 3.8) is 0 Å². The van der Waals surface area contributed by atoms with Crippen molar-refractivity contribution in [1.82, 2.24) is 5.32 Å². The first-order chi connectivity index (χ1) is 9.06. The highest BCUT2D eigenvalue weighted by Gasteiger charge is 2.10. The number of rotatable bonds is 5. The monoisotopic (exact) mass is 261 g/mol. The Labute approximate surface area is 110 Å². The van der Waals surface area contributed by atoms with Crippen molar-refractivity contribution in [2.45, 2.75) is 19.5 Å². The third-order valence-corrected chi connectivity index (χ3v) is 2.85. The lowest BCUT2D eigenvalue weighted by Gasteiger charge is -2.13. The molecule has 0 saturated carbocycles. The molecule has 0 aliphatic heterocycles. The Balaban J connectivity index is 1.96. The number of hydrogen-bond donors (Lipinski definition) is 3. The minimum absolute atomic E-state index is 0.0190. The van der Waals surface area contributed by atoms with Gasteiger partial charge in [-0.2, -0.15) is 0 Å². The maximum atomic E-state index is 10.7. The molecule has 1 heterocycles. The number of nitrogens with one attached hydrogen (secondary N) is 1. The molecule has 0 fully saturated rings. The number of carboxylic acid groups (broad SMARTS) is 1. The van der Waals surface area contributed by atoms with E-state index in [4.69, 9.17) is 9.52 Å². The van der Waals surface area contributed by atoms with Gasteiger partial charge in [-0.25, -0.2) is 4.79 Å². The third kappa shape index (κ3) is 3.35. The summed E-state index contributed by atoms with van der Waals surface area (Å²) in [4.78, 5) is 10.7. The average Bonchev–Trinajstić information content (AvgIpc) is 2.85. The largest absolute Gasteiger partial charge is 0.508 e. The van der Waals surface area contributed by atoms with Crippen molar-refractivity contribution in [1.29, 1.82) is 0 Å². The summed E-state index contributed by atoms with van der Waals surface area (Å²) in [5, 5.41) is 21.4. The second-order valence-electron chi connectivity index (χ2n) is 4.30. The number of carbonyl (C=O) groups is 1. The lowest BCUT2D eigenvalue weighted by atomic mass is 10.1. The van der Waals surface area contributed by atoms with Gasteiger partial charge in [0.25, 0.3) is 0 Å². The summed E-state index contributed by atoms with van der Waals surface area (Å²) < 4.78 is 5.14.